The first-order valence-electron chi connectivity index (χ1n) is 5.77. The van der Waals surface area contributed by atoms with Crippen molar-refractivity contribution in [2.24, 2.45) is 5.92 Å². The van der Waals surface area contributed by atoms with Gasteiger partial charge in [0, 0.05) is 10.0 Å². The first-order chi connectivity index (χ1) is 8.09. The van der Waals surface area contributed by atoms with Gasteiger partial charge in [-0.15, -0.1) is 0 Å². The fourth-order valence-corrected chi connectivity index (χ4v) is 2.97. The third-order valence-electron chi connectivity index (χ3n) is 3.43. The zero-order chi connectivity index (χ0) is 12.4. The molecule has 0 radical (unpaired) electrons. The van der Waals surface area contributed by atoms with Crippen molar-refractivity contribution >= 4 is 21.9 Å². The average Bonchev–Trinajstić information content (AvgIpc) is 2.74. The minimum Gasteiger partial charge on any atom is -0.481 e. The van der Waals surface area contributed by atoms with Crippen molar-refractivity contribution in [1.82, 2.24) is 0 Å². The molecule has 4 heteroatoms. The first-order valence-corrected chi connectivity index (χ1v) is 6.56. The van der Waals surface area contributed by atoms with Gasteiger partial charge in [0.15, 0.2) is 0 Å². The number of carboxylic acids is 1. The summed E-state index contributed by atoms with van der Waals surface area (Å²) in [5.74, 6) is -1.98. The van der Waals surface area contributed by atoms with Gasteiger partial charge in [-0.25, -0.2) is 4.39 Å². The van der Waals surface area contributed by atoms with E-state index in [0.29, 0.717) is 10.0 Å². The fourth-order valence-electron chi connectivity index (χ4n) is 2.63. The number of hydrogen-bond donors (Lipinski definition) is 1. The molecule has 1 atom stereocenters. The molecule has 1 aliphatic carbocycles. The summed E-state index contributed by atoms with van der Waals surface area (Å²) in [4.78, 5) is 11.3. The molecule has 2 nitrogen and oxygen atoms in total. The van der Waals surface area contributed by atoms with E-state index in [0.717, 1.165) is 25.7 Å². The fraction of sp³-hybridized carbons (Fsp3) is 0.462. The lowest BCUT2D eigenvalue weighted by molar-refractivity contribution is -0.140. The Bertz CT molecular complexity index is 427. The van der Waals surface area contributed by atoms with Gasteiger partial charge in [0.1, 0.15) is 5.82 Å². The van der Waals surface area contributed by atoms with Crippen molar-refractivity contribution in [3.63, 3.8) is 0 Å². The molecule has 1 fully saturated rings. The Hall–Kier alpha value is -0.900. The highest BCUT2D eigenvalue weighted by molar-refractivity contribution is 9.10. The second-order valence-electron chi connectivity index (χ2n) is 4.53. The largest absolute Gasteiger partial charge is 0.481 e. The van der Waals surface area contributed by atoms with E-state index >= 15 is 0 Å². The van der Waals surface area contributed by atoms with Gasteiger partial charge in [-0.2, -0.15) is 0 Å². The molecular formula is C13H14BrFO2. The van der Waals surface area contributed by atoms with E-state index in [-0.39, 0.29) is 5.92 Å². The van der Waals surface area contributed by atoms with Crippen molar-refractivity contribution in [2.45, 2.75) is 31.6 Å². The van der Waals surface area contributed by atoms with Gasteiger partial charge < -0.3 is 5.11 Å². The summed E-state index contributed by atoms with van der Waals surface area (Å²) in [6.45, 7) is 0. The molecule has 0 amide bonds. The zero-order valence-electron chi connectivity index (χ0n) is 9.33. The molecule has 0 aromatic heterocycles. The Morgan fingerprint density at radius 1 is 1.41 bits per heavy atom. The van der Waals surface area contributed by atoms with E-state index in [1.807, 2.05) is 0 Å². The van der Waals surface area contributed by atoms with Gasteiger partial charge in [-0.3, -0.25) is 4.79 Å². The maximum Gasteiger partial charge on any atom is 0.311 e. The molecule has 1 aliphatic rings. The predicted molar refractivity (Wildman–Crippen MR) is 66.4 cm³/mol. The highest BCUT2D eigenvalue weighted by Crippen LogP contribution is 2.38. The number of carbonyl (C=O) groups is 1. The minimum atomic E-state index is -0.918. The number of carboxylic acid groups (broad SMARTS) is 1. The summed E-state index contributed by atoms with van der Waals surface area (Å²) < 4.78 is 14.5. The van der Waals surface area contributed by atoms with Crippen LogP contribution in [0.15, 0.2) is 22.7 Å². The molecule has 1 aromatic carbocycles. The molecule has 0 spiro atoms. The van der Waals surface area contributed by atoms with Crippen LogP contribution in [-0.4, -0.2) is 11.1 Å². The van der Waals surface area contributed by atoms with Crippen molar-refractivity contribution in [1.29, 1.82) is 0 Å². The van der Waals surface area contributed by atoms with Crippen LogP contribution >= 0.6 is 15.9 Å². The predicted octanol–water partition coefficient (Wildman–Crippen LogP) is 3.95. The Labute approximate surface area is 108 Å². The topological polar surface area (TPSA) is 37.3 Å². The summed E-state index contributed by atoms with van der Waals surface area (Å²) in [7, 11) is 0. The molecule has 92 valence electrons. The maximum absolute atomic E-state index is 13.8. The van der Waals surface area contributed by atoms with Gasteiger partial charge in [0.2, 0.25) is 0 Å². The molecule has 0 saturated heterocycles. The third kappa shape index (κ3) is 2.68. The lowest BCUT2D eigenvalue weighted by Crippen LogP contribution is -2.20. The van der Waals surface area contributed by atoms with Crippen LogP contribution in [0.1, 0.15) is 37.2 Å². The van der Waals surface area contributed by atoms with Crippen LogP contribution in [0, 0.1) is 11.7 Å². The molecule has 0 unspecified atom stereocenters. The lowest BCUT2D eigenvalue weighted by Gasteiger charge is -2.20. The monoisotopic (exact) mass is 300 g/mol. The van der Waals surface area contributed by atoms with Gasteiger partial charge in [-0.1, -0.05) is 34.8 Å². The van der Waals surface area contributed by atoms with Crippen molar-refractivity contribution in [2.75, 3.05) is 0 Å². The van der Waals surface area contributed by atoms with Crippen LogP contribution < -0.4 is 0 Å². The summed E-state index contributed by atoms with van der Waals surface area (Å²) in [5.41, 5.74) is 0.313. The van der Waals surface area contributed by atoms with Gasteiger partial charge in [0.05, 0.1) is 5.92 Å². The molecule has 1 saturated carbocycles. The quantitative estimate of drug-likeness (QED) is 0.918. The molecule has 17 heavy (non-hydrogen) atoms. The molecule has 1 aromatic rings. The van der Waals surface area contributed by atoms with E-state index in [9.17, 15) is 14.3 Å². The average molecular weight is 301 g/mol. The van der Waals surface area contributed by atoms with E-state index < -0.39 is 17.7 Å². The van der Waals surface area contributed by atoms with Crippen LogP contribution in [0.3, 0.4) is 0 Å². The highest BCUT2D eigenvalue weighted by Gasteiger charge is 2.33. The van der Waals surface area contributed by atoms with Crippen LogP contribution in [0.5, 0.6) is 0 Å². The van der Waals surface area contributed by atoms with Crippen molar-refractivity contribution < 1.29 is 14.3 Å². The van der Waals surface area contributed by atoms with Crippen molar-refractivity contribution in [3.05, 3.63) is 34.1 Å². The Balaban J connectivity index is 2.35. The van der Waals surface area contributed by atoms with E-state index in [2.05, 4.69) is 15.9 Å². The Morgan fingerprint density at radius 3 is 2.59 bits per heavy atom. The van der Waals surface area contributed by atoms with E-state index in [1.165, 1.54) is 6.07 Å². The second kappa shape index (κ2) is 5.17. The maximum atomic E-state index is 13.8. The van der Waals surface area contributed by atoms with E-state index in [4.69, 9.17) is 0 Å². The Kier molecular flexibility index (Phi) is 3.82. The highest BCUT2D eigenvalue weighted by atomic mass is 79.9. The molecule has 0 bridgehead atoms. The summed E-state index contributed by atoms with van der Waals surface area (Å²) in [5, 5.41) is 9.30. The van der Waals surface area contributed by atoms with Crippen molar-refractivity contribution in [3.8, 4) is 0 Å². The number of halogens is 2. The van der Waals surface area contributed by atoms with Crippen LogP contribution in [0.2, 0.25) is 0 Å². The van der Waals surface area contributed by atoms with E-state index in [1.54, 1.807) is 12.1 Å². The standard InChI is InChI=1S/C13H14BrFO2/c14-9-5-6-10(11(15)7-9)12(13(16)17)8-3-1-2-4-8/h5-8,12H,1-4H2,(H,16,17)/t12-/m1/s1. The number of benzene rings is 1. The zero-order valence-corrected chi connectivity index (χ0v) is 10.9. The molecule has 0 heterocycles. The minimum absolute atomic E-state index is 0.0724. The van der Waals surface area contributed by atoms with Crippen LogP contribution in [0.25, 0.3) is 0 Å². The first kappa shape index (κ1) is 12.6. The molecule has 0 aliphatic heterocycles. The molecule has 2 rings (SSSR count). The smallest absolute Gasteiger partial charge is 0.311 e. The van der Waals surface area contributed by atoms with Gasteiger partial charge >= 0.3 is 5.97 Å². The number of hydrogen-bond acceptors (Lipinski definition) is 1. The Morgan fingerprint density at radius 2 is 2.06 bits per heavy atom. The van der Waals surface area contributed by atoms with Crippen LogP contribution in [-0.2, 0) is 4.79 Å². The number of aliphatic carboxylic acids is 1. The summed E-state index contributed by atoms with van der Waals surface area (Å²) >= 11 is 3.18. The molecular weight excluding hydrogens is 287 g/mol. The van der Waals surface area contributed by atoms with Crippen LogP contribution in [0.4, 0.5) is 4.39 Å². The van der Waals surface area contributed by atoms with Gasteiger partial charge in [-0.05, 0) is 30.9 Å². The summed E-state index contributed by atoms with van der Waals surface area (Å²) in [6, 6.07) is 4.61. The van der Waals surface area contributed by atoms with Gasteiger partial charge in [0.25, 0.3) is 0 Å². The number of rotatable bonds is 3. The molecule has 1 N–H and O–H groups in total. The normalized spacial score (nSPS) is 18.2. The third-order valence-corrected chi connectivity index (χ3v) is 3.93. The second-order valence-corrected chi connectivity index (χ2v) is 5.44. The lowest BCUT2D eigenvalue weighted by atomic mass is 9.84. The SMILES string of the molecule is O=C(O)[C@@H](c1ccc(Br)cc1F)C1CCCC1. The summed E-state index contributed by atoms with van der Waals surface area (Å²) in [6.07, 6.45) is 3.86.